The fraction of sp³-hybridized carbons (Fsp3) is 0. The van der Waals surface area contributed by atoms with Gasteiger partial charge in [0.05, 0.1) is 18.1 Å². The Morgan fingerprint density at radius 1 is 1.35 bits per heavy atom. The van der Waals surface area contributed by atoms with Crippen LogP contribution in [0.25, 0.3) is 11.3 Å². The molecule has 0 radical (unpaired) electrons. The average molecular weight is 249 g/mol. The number of benzene rings is 1. The summed E-state index contributed by atoms with van der Waals surface area (Å²) in [6.07, 6.45) is 2.90. The fourth-order valence-electron chi connectivity index (χ4n) is 1.34. The second-order valence-corrected chi connectivity index (χ2v) is 3.71. The molecule has 1 aromatic carbocycles. The van der Waals surface area contributed by atoms with E-state index in [4.69, 9.17) is 17.4 Å². The normalized spacial score (nSPS) is 10.0. The van der Waals surface area contributed by atoms with Gasteiger partial charge in [0.1, 0.15) is 5.69 Å². The van der Waals surface area contributed by atoms with Crippen LogP contribution in [0.15, 0.2) is 36.7 Å². The molecule has 5 nitrogen and oxygen atoms in total. The Kier molecular flexibility index (Phi) is 3.32. The second-order valence-electron chi connectivity index (χ2n) is 3.27. The smallest absolute Gasteiger partial charge is 0.285 e. The standard InChI is InChI=1S/C11H9ClN4O/c12-8-3-1-2-7(4-8)9-5-14-6-10(15-9)11(17)16-13/h1-6H,13H2,(H,16,17). The van der Waals surface area contributed by atoms with E-state index >= 15 is 0 Å². The first-order chi connectivity index (χ1) is 8.20. The summed E-state index contributed by atoms with van der Waals surface area (Å²) in [4.78, 5) is 19.4. The van der Waals surface area contributed by atoms with Crippen molar-refractivity contribution in [1.82, 2.24) is 15.4 Å². The molecule has 0 spiro atoms. The number of hydrogen-bond acceptors (Lipinski definition) is 4. The molecule has 0 aliphatic heterocycles. The minimum Gasteiger partial charge on any atom is -0.289 e. The summed E-state index contributed by atoms with van der Waals surface area (Å²) < 4.78 is 0. The van der Waals surface area contributed by atoms with Crippen molar-refractivity contribution in [2.24, 2.45) is 5.84 Å². The summed E-state index contributed by atoms with van der Waals surface area (Å²) in [5, 5.41) is 0.595. The first kappa shape index (κ1) is 11.5. The third-order valence-electron chi connectivity index (χ3n) is 2.12. The quantitative estimate of drug-likeness (QED) is 0.478. The van der Waals surface area contributed by atoms with Crippen LogP contribution in [0.5, 0.6) is 0 Å². The summed E-state index contributed by atoms with van der Waals surface area (Å²) in [5.41, 5.74) is 3.51. The Labute approximate surface area is 103 Å². The van der Waals surface area contributed by atoms with Crippen molar-refractivity contribution in [3.05, 3.63) is 47.4 Å². The van der Waals surface area contributed by atoms with E-state index < -0.39 is 5.91 Å². The lowest BCUT2D eigenvalue weighted by Crippen LogP contribution is -2.30. The Balaban J connectivity index is 2.43. The molecular weight excluding hydrogens is 240 g/mol. The van der Waals surface area contributed by atoms with E-state index in [2.05, 4.69) is 9.97 Å². The molecule has 0 saturated carbocycles. The molecule has 1 aromatic heterocycles. The second kappa shape index (κ2) is 4.90. The predicted octanol–water partition coefficient (Wildman–Crippen LogP) is 1.40. The number of aromatic nitrogens is 2. The highest BCUT2D eigenvalue weighted by Gasteiger charge is 2.08. The zero-order valence-corrected chi connectivity index (χ0v) is 9.48. The number of nitrogens with zero attached hydrogens (tertiary/aromatic N) is 2. The summed E-state index contributed by atoms with van der Waals surface area (Å²) >= 11 is 5.88. The van der Waals surface area contributed by atoms with Crippen LogP contribution in [0.3, 0.4) is 0 Å². The van der Waals surface area contributed by atoms with Crippen LogP contribution in [-0.2, 0) is 0 Å². The van der Waals surface area contributed by atoms with Gasteiger partial charge in [-0.1, -0.05) is 23.7 Å². The van der Waals surface area contributed by atoms with Gasteiger partial charge < -0.3 is 0 Å². The van der Waals surface area contributed by atoms with E-state index in [9.17, 15) is 4.79 Å². The zero-order valence-electron chi connectivity index (χ0n) is 8.72. The zero-order chi connectivity index (χ0) is 12.3. The highest BCUT2D eigenvalue weighted by atomic mass is 35.5. The lowest BCUT2D eigenvalue weighted by Gasteiger charge is -2.03. The summed E-state index contributed by atoms with van der Waals surface area (Å²) in [6.45, 7) is 0. The van der Waals surface area contributed by atoms with Crippen molar-refractivity contribution in [2.75, 3.05) is 0 Å². The van der Waals surface area contributed by atoms with Gasteiger partial charge >= 0.3 is 0 Å². The van der Waals surface area contributed by atoms with Crippen LogP contribution in [0.4, 0.5) is 0 Å². The lowest BCUT2D eigenvalue weighted by atomic mass is 10.1. The van der Waals surface area contributed by atoms with E-state index in [1.54, 1.807) is 24.4 Å². The monoisotopic (exact) mass is 248 g/mol. The minimum absolute atomic E-state index is 0.157. The van der Waals surface area contributed by atoms with E-state index in [1.165, 1.54) is 6.20 Å². The van der Waals surface area contributed by atoms with Crippen LogP contribution in [0.1, 0.15) is 10.5 Å². The number of carbonyl (C=O) groups is 1. The number of nitrogens with two attached hydrogens (primary N) is 1. The van der Waals surface area contributed by atoms with Crippen molar-refractivity contribution in [1.29, 1.82) is 0 Å². The van der Waals surface area contributed by atoms with Gasteiger partial charge in [0, 0.05) is 10.6 Å². The van der Waals surface area contributed by atoms with Crippen molar-refractivity contribution in [3.63, 3.8) is 0 Å². The molecule has 17 heavy (non-hydrogen) atoms. The first-order valence-corrected chi connectivity index (χ1v) is 5.17. The van der Waals surface area contributed by atoms with Gasteiger partial charge in [0.2, 0.25) is 0 Å². The number of rotatable bonds is 2. The highest BCUT2D eigenvalue weighted by molar-refractivity contribution is 6.30. The van der Waals surface area contributed by atoms with Crippen LogP contribution < -0.4 is 11.3 Å². The molecule has 2 rings (SSSR count). The number of hydrogen-bond donors (Lipinski definition) is 2. The largest absolute Gasteiger partial charge is 0.289 e. The summed E-state index contributed by atoms with van der Waals surface area (Å²) in [5.74, 6) is 4.54. The maximum absolute atomic E-state index is 11.3. The molecule has 0 saturated heterocycles. The van der Waals surface area contributed by atoms with Crippen molar-refractivity contribution >= 4 is 17.5 Å². The van der Waals surface area contributed by atoms with Crippen molar-refractivity contribution in [3.8, 4) is 11.3 Å². The van der Waals surface area contributed by atoms with Gasteiger partial charge in [-0.25, -0.2) is 10.8 Å². The molecule has 0 unspecified atom stereocenters. The van der Waals surface area contributed by atoms with Crippen LogP contribution >= 0.6 is 11.6 Å². The molecule has 86 valence electrons. The van der Waals surface area contributed by atoms with Gasteiger partial charge in [-0.15, -0.1) is 0 Å². The molecule has 6 heteroatoms. The topological polar surface area (TPSA) is 80.9 Å². The molecule has 0 atom stereocenters. The molecule has 0 fully saturated rings. The molecule has 3 N–H and O–H groups in total. The molecule has 0 aliphatic rings. The molecule has 2 aromatic rings. The summed E-state index contributed by atoms with van der Waals surface area (Å²) in [6, 6.07) is 7.14. The Hall–Kier alpha value is -1.98. The van der Waals surface area contributed by atoms with E-state index in [0.29, 0.717) is 10.7 Å². The fourth-order valence-corrected chi connectivity index (χ4v) is 1.53. The predicted molar refractivity (Wildman–Crippen MR) is 64.1 cm³/mol. The van der Waals surface area contributed by atoms with Gasteiger partial charge in [0.25, 0.3) is 5.91 Å². The van der Waals surface area contributed by atoms with Gasteiger partial charge in [-0.2, -0.15) is 0 Å². The molecular formula is C11H9ClN4O. The molecule has 1 heterocycles. The Morgan fingerprint density at radius 2 is 2.18 bits per heavy atom. The third kappa shape index (κ3) is 2.58. The van der Waals surface area contributed by atoms with Gasteiger partial charge in [-0.3, -0.25) is 15.2 Å². The maximum Gasteiger partial charge on any atom is 0.285 e. The Morgan fingerprint density at radius 3 is 2.88 bits per heavy atom. The van der Waals surface area contributed by atoms with E-state index in [1.807, 2.05) is 11.5 Å². The number of halogens is 1. The average Bonchev–Trinajstić information content (AvgIpc) is 2.38. The molecule has 1 amide bonds. The minimum atomic E-state index is -0.485. The number of hydrazine groups is 1. The number of nitrogen functional groups attached to an aromatic ring is 1. The van der Waals surface area contributed by atoms with Crippen LogP contribution in [0.2, 0.25) is 5.02 Å². The number of carbonyl (C=O) groups excluding carboxylic acids is 1. The van der Waals surface area contributed by atoms with Crippen molar-refractivity contribution < 1.29 is 4.79 Å². The van der Waals surface area contributed by atoms with Gasteiger partial charge in [-0.05, 0) is 12.1 Å². The number of nitrogens with one attached hydrogen (secondary N) is 1. The van der Waals surface area contributed by atoms with Gasteiger partial charge in [0.15, 0.2) is 0 Å². The lowest BCUT2D eigenvalue weighted by molar-refractivity contribution is 0.0948. The van der Waals surface area contributed by atoms with Crippen molar-refractivity contribution in [2.45, 2.75) is 0 Å². The van der Waals surface area contributed by atoms with Crippen LogP contribution in [-0.4, -0.2) is 15.9 Å². The Bertz CT molecular complexity index is 559. The maximum atomic E-state index is 11.3. The molecule has 0 bridgehead atoms. The highest BCUT2D eigenvalue weighted by Crippen LogP contribution is 2.20. The summed E-state index contributed by atoms with van der Waals surface area (Å²) in [7, 11) is 0. The van der Waals surface area contributed by atoms with E-state index in [-0.39, 0.29) is 5.69 Å². The first-order valence-electron chi connectivity index (χ1n) is 4.79. The third-order valence-corrected chi connectivity index (χ3v) is 2.35. The molecule has 0 aliphatic carbocycles. The SMILES string of the molecule is NNC(=O)c1cncc(-c2cccc(Cl)c2)n1. The van der Waals surface area contributed by atoms with E-state index in [0.717, 1.165) is 5.56 Å². The number of amides is 1. The van der Waals surface area contributed by atoms with Crippen LogP contribution in [0, 0.1) is 0 Å².